The van der Waals surface area contributed by atoms with E-state index in [9.17, 15) is 9.90 Å². The summed E-state index contributed by atoms with van der Waals surface area (Å²) in [6.45, 7) is 3.98. The zero-order valence-electron chi connectivity index (χ0n) is 12.2. The molecule has 2 rings (SSSR count). The maximum atomic E-state index is 12.3. The lowest BCUT2D eigenvalue weighted by molar-refractivity contribution is -0.135. The Morgan fingerprint density at radius 2 is 1.95 bits per heavy atom. The summed E-state index contributed by atoms with van der Waals surface area (Å²) in [5.41, 5.74) is -0.493. The molecule has 0 spiro atoms. The average molecular weight is 269 g/mol. The zero-order valence-corrected chi connectivity index (χ0v) is 12.2. The first-order chi connectivity index (χ1) is 9.05. The van der Waals surface area contributed by atoms with Gasteiger partial charge in [0.25, 0.3) is 0 Å². The van der Waals surface area contributed by atoms with Crippen LogP contribution in [0.1, 0.15) is 58.8 Å². The van der Waals surface area contributed by atoms with E-state index in [0.29, 0.717) is 5.92 Å². The Balaban J connectivity index is 1.95. The standard InChI is InChI=1S/C15H27NO3/c1-11-8-9-13(19-11)14(18)16-15(2,10-17)12-6-4-3-5-7-12/h11-13,17H,3-10H2,1-2H3,(H,16,18)/t11-,13-,15-/m1/s1. The Bertz CT molecular complexity index is 315. The highest BCUT2D eigenvalue weighted by Crippen LogP contribution is 2.33. The summed E-state index contributed by atoms with van der Waals surface area (Å²) in [7, 11) is 0. The molecule has 0 aromatic rings. The van der Waals surface area contributed by atoms with Gasteiger partial charge in [0.2, 0.25) is 5.91 Å². The SMILES string of the molecule is C[C@@H]1CC[C@H](C(=O)N[C@](C)(CO)C2CCCCC2)O1. The number of carbonyl (C=O) groups excluding carboxylic acids is 1. The molecule has 1 saturated carbocycles. The highest BCUT2D eigenvalue weighted by molar-refractivity contribution is 5.81. The third kappa shape index (κ3) is 3.48. The van der Waals surface area contributed by atoms with E-state index < -0.39 is 5.54 Å². The summed E-state index contributed by atoms with van der Waals surface area (Å²) >= 11 is 0. The van der Waals surface area contributed by atoms with E-state index >= 15 is 0 Å². The number of nitrogens with one attached hydrogen (secondary N) is 1. The van der Waals surface area contributed by atoms with E-state index in [1.165, 1.54) is 19.3 Å². The van der Waals surface area contributed by atoms with Gasteiger partial charge in [-0.3, -0.25) is 4.79 Å². The van der Waals surface area contributed by atoms with Gasteiger partial charge in [0.05, 0.1) is 18.2 Å². The molecular formula is C15H27NO3. The van der Waals surface area contributed by atoms with Crippen molar-refractivity contribution in [3.05, 3.63) is 0 Å². The molecule has 19 heavy (non-hydrogen) atoms. The first-order valence-electron chi connectivity index (χ1n) is 7.63. The predicted molar refractivity (Wildman–Crippen MR) is 73.8 cm³/mol. The van der Waals surface area contributed by atoms with E-state index in [1.54, 1.807) is 0 Å². The van der Waals surface area contributed by atoms with Crippen LogP contribution in [0.5, 0.6) is 0 Å². The van der Waals surface area contributed by atoms with E-state index in [2.05, 4.69) is 5.32 Å². The molecule has 1 aliphatic carbocycles. The molecule has 1 amide bonds. The van der Waals surface area contributed by atoms with Crippen molar-refractivity contribution in [3.63, 3.8) is 0 Å². The maximum Gasteiger partial charge on any atom is 0.249 e. The molecule has 0 radical (unpaired) electrons. The minimum absolute atomic E-state index is 0.00564. The van der Waals surface area contributed by atoms with E-state index in [-0.39, 0.29) is 24.7 Å². The maximum absolute atomic E-state index is 12.3. The number of hydrogen-bond donors (Lipinski definition) is 2. The van der Waals surface area contributed by atoms with Crippen molar-refractivity contribution in [1.82, 2.24) is 5.32 Å². The van der Waals surface area contributed by atoms with Gasteiger partial charge < -0.3 is 15.2 Å². The predicted octanol–water partition coefficient (Wildman–Crippen LogP) is 2.00. The van der Waals surface area contributed by atoms with Gasteiger partial charge in [-0.15, -0.1) is 0 Å². The lowest BCUT2D eigenvalue weighted by Gasteiger charge is -2.39. The number of aliphatic hydroxyl groups excluding tert-OH is 1. The van der Waals surface area contributed by atoms with Crippen molar-refractivity contribution < 1.29 is 14.6 Å². The topological polar surface area (TPSA) is 58.6 Å². The molecule has 110 valence electrons. The van der Waals surface area contributed by atoms with Gasteiger partial charge in [0.15, 0.2) is 0 Å². The van der Waals surface area contributed by atoms with Gasteiger partial charge in [-0.05, 0) is 45.4 Å². The van der Waals surface area contributed by atoms with Crippen molar-refractivity contribution >= 4 is 5.91 Å². The normalized spacial score (nSPS) is 31.9. The summed E-state index contributed by atoms with van der Waals surface area (Å²) in [5.74, 6) is 0.334. The number of ether oxygens (including phenoxy) is 1. The Morgan fingerprint density at radius 3 is 2.47 bits per heavy atom. The summed E-state index contributed by atoms with van der Waals surface area (Å²) in [6, 6.07) is 0. The molecular weight excluding hydrogens is 242 g/mol. The lowest BCUT2D eigenvalue weighted by atomic mass is 9.76. The largest absolute Gasteiger partial charge is 0.394 e. The van der Waals surface area contributed by atoms with Crippen LogP contribution in [-0.2, 0) is 9.53 Å². The Labute approximate surface area is 115 Å². The fraction of sp³-hybridized carbons (Fsp3) is 0.933. The van der Waals surface area contributed by atoms with E-state index in [0.717, 1.165) is 25.7 Å². The number of amides is 1. The second kappa shape index (κ2) is 6.23. The molecule has 2 N–H and O–H groups in total. The van der Waals surface area contributed by atoms with Crippen LogP contribution in [-0.4, -0.2) is 35.4 Å². The summed E-state index contributed by atoms with van der Waals surface area (Å²) < 4.78 is 5.61. The van der Waals surface area contributed by atoms with Crippen molar-refractivity contribution in [2.45, 2.75) is 76.5 Å². The number of hydrogen-bond acceptors (Lipinski definition) is 3. The second-order valence-corrected chi connectivity index (χ2v) is 6.41. The molecule has 4 heteroatoms. The quantitative estimate of drug-likeness (QED) is 0.820. The molecule has 4 nitrogen and oxygen atoms in total. The third-order valence-electron chi connectivity index (χ3n) is 4.77. The van der Waals surface area contributed by atoms with Gasteiger partial charge in [0.1, 0.15) is 6.10 Å². The van der Waals surface area contributed by atoms with Crippen molar-refractivity contribution in [2.75, 3.05) is 6.61 Å². The highest BCUT2D eigenvalue weighted by atomic mass is 16.5. The first kappa shape index (κ1) is 14.8. The second-order valence-electron chi connectivity index (χ2n) is 6.41. The van der Waals surface area contributed by atoms with Crippen LogP contribution in [0.4, 0.5) is 0 Å². The fourth-order valence-electron chi connectivity index (χ4n) is 3.37. The molecule has 1 heterocycles. The van der Waals surface area contributed by atoms with Crippen molar-refractivity contribution in [1.29, 1.82) is 0 Å². The lowest BCUT2D eigenvalue weighted by Crippen LogP contribution is -2.57. The van der Waals surface area contributed by atoms with Gasteiger partial charge >= 0.3 is 0 Å². The molecule has 2 aliphatic rings. The minimum Gasteiger partial charge on any atom is -0.394 e. The molecule has 1 aliphatic heterocycles. The van der Waals surface area contributed by atoms with Crippen LogP contribution >= 0.6 is 0 Å². The molecule has 3 atom stereocenters. The Kier molecular flexibility index (Phi) is 4.85. The molecule has 0 unspecified atom stereocenters. The monoisotopic (exact) mass is 269 g/mol. The molecule has 0 aromatic heterocycles. The Morgan fingerprint density at radius 1 is 1.26 bits per heavy atom. The van der Waals surface area contributed by atoms with Gasteiger partial charge in [-0.1, -0.05) is 19.3 Å². The number of carbonyl (C=O) groups is 1. The van der Waals surface area contributed by atoms with Gasteiger partial charge in [0, 0.05) is 0 Å². The zero-order chi connectivity index (χ0) is 13.9. The summed E-state index contributed by atoms with van der Waals surface area (Å²) in [5, 5.41) is 12.8. The summed E-state index contributed by atoms with van der Waals surface area (Å²) in [6.07, 6.45) is 7.44. The van der Waals surface area contributed by atoms with Crippen molar-refractivity contribution in [3.8, 4) is 0 Å². The number of rotatable bonds is 4. The van der Waals surface area contributed by atoms with Crippen LogP contribution in [0, 0.1) is 5.92 Å². The fourth-order valence-corrected chi connectivity index (χ4v) is 3.37. The van der Waals surface area contributed by atoms with Crippen LogP contribution in [0.15, 0.2) is 0 Å². The minimum atomic E-state index is -0.493. The van der Waals surface area contributed by atoms with E-state index in [4.69, 9.17) is 4.74 Å². The average Bonchev–Trinajstić information content (AvgIpc) is 2.86. The van der Waals surface area contributed by atoms with E-state index in [1.807, 2.05) is 13.8 Å². The van der Waals surface area contributed by atoms with Gasteiger partial charge in [-0.2, -0.15) is 0 Å². The third-order valence-corrected chi connectivity index (χ3v) is 4.77. The number of aliphatic hydroxyl groups is 1. The van der Waals surface area contributed by atoms with Crippen molar-refractivity contribution in [2.24, 2.45) is 5.92 Å². The molecule has 1 saturated heterocycles. The first-order valence-corrected chi connectivity index (χ1v) is 7.63. The molecule has 0 aromatic carbocycles. The van der Waals surface area contributed by atoms with Crippen LogP contribution in [0.3, 0.4) is 0 Å². The van der Waals surface area contributed by atoms with Crippen LogP contribution < -0.4 is 5.32 Å². The van der Waals surface area contributed by atoms with Crippen LogP contribution in [0.2, 0.25) is 0 Å². The highest BCUT2D eigenvalue weighted by Gasteiger charge is 2.38. The van der Waals surface area contributed by atoms with Crippen LogP contribution in [0.25, 0.3) is 0 Å². The molecule has 2 fully saturated rings. The summed E-state index contributed by atoms with van der Waals surface area (Å²) in [4.78, 5) is 12.3. The van der Waals surface area contributed by atoms with Gasteiger partial charge in [-0.25, -0.2) is 0 Å². The molecule has 0 bridgehead atoms. The Hall–Kier alpha value is -0.610. The smallest absolute Gasteiger partial charge is 0.249 e.